The van der Waals surface area contributed by atoms with Gasteiger partial charge in [-0.25, -0.2) is 0 Å². The van der Waals surface area contributed by atoms with E-state index in [-0.39, 0.29) is 0 Å². The van der Waals surface area contributed by atoms with E-state index < -0.39 is 0 Å². The number of hydrogen-bond donors (Lipinski definition) is 1. The number of hydrogen-bond acceptors (Lipinski definition) is 3. The Labute approximate surface area is 104 Å². The Hall–Kier alpha value is -1.00. The molecule has 0 saturated carbocycles. The topological polar surface area (TPSA) is 44.5 Å². The van der Waals surface area contributed by atoms with Crippen LogP contribution in [0.4, 0.5) is 0 Å². The highest BCUT2D eigenvalue weighted by atomic mass is 79.9. The van der Waals surface area contributed by atoms with Crippen LogP contribution in [0.3, 0.4) is 0 Å². The highest BCUT2D eigenvalue weighted by Gasteiger charge is 2.05. The fourth-order valence-corrected chi connectivity index (χ4v) is 1.44. The highest BCUT2D eigenvalue weighted by molar-refractivity contribution is 9.11. The third kappa shape index (κ3) is 3.87. The molecule has 4 heteroatoms. The molecule has 0 heterocycles. The molecule has 16 heavy (non-hydrogen) atoms. The van der Waals surface area contributed by atoms with Crippen molar-refractivity contribution in [2.45, 2.75) is 6.42 Å². The number of nitrogens with two attached hydrogens (primary N) is 1. The summed E-state index contributed by atoms with van der Waals surface area (Å²) >= 11 is 3.25. The first-order valence-corrected chi connectivity index (χ1v) is 5.79. The molecule has 0 aliphatic heterocycles. The smallest absolute Gasteiger partial charge is 0.123 e. The lowest BCUT2D eigenvalue weighted by Crippen LogP contribution is -2.06. The minimum Gasteiger partial charge on any atom is -0.497 e. The molecule has 0 unspecified atom stereocenters. The van der Waals surface area contributed by atoms with Crippen molar-refractivity contribution < 1.29 is 9.47 Å². The van der Waals surface area contributed by atoms with Crippen LogP contribution in [0.1, 0.15) is 5.56 Å². The Bertz CT molecular complexity index is 366. The van der Waals surface area contributed by atoms with Gasteiger partial charge in [-0.1, -0.05) is 22.5 Å². The molecule has 1 rings (SSSR count). The molecule has 0 fully saturated rings. The van der Waals surface area contributed by atoms with Gasteiger partial charge in [0.2, 0.25) is 0 Å². The molecule has 0 atom stereocenters. The normalized spacial score (nSPS) is 9.94. The largest absolute Gasteiger partial charge is 0.497 e. The van der Waals surface area contributed by atoms with Crippen LogP contribution >= 0.6 is 15.9 Å². The van der Waals surface area contributed by atoms with Crippen molar-refractivity contribution in [1.82, 2.24) is 0 Å². The van der Waals surface area contributed by atoms with Crippen molar-refractivity contribution in [3.05, 3.63) is 34.8 Å². The van der Waals surface area contributed by atoms with Crippen molar-refractivity contribution in [3.63, 3.8) is 0 Å². The summed E-state index contributed by atoms with van der Waals surface area (Å²) in [7, 11) is 1.64. The van der Waals surface area contributed by atoms with E-state index in [2.05, 4.69) is 22.5 Å². The molecule has 1 aromatic rings. The van der Waals surface area contributed by atoms with Gasteiger partial charge in [0.15, 0.2) is 0 Å². The minimum atomic E-state index is 0.448. The van der Waals surface area contributed by atoms with Gasteiger partial charge in [-0.2, -0.15) is 0 Å². The van der Waals surface area contributed by atoms with Gasteiger partial charge in [-0.15, -0.1) is 0 Å². The zero-order valence-electron chi connectivity index (χ0n) is 9.33. The Kier molecular flexibility index (Phi) is 5.35. The SMILES string of the molecule is C=C(Br)COc1ccc(OC)cc1CCN. The van der Waals surface area contributed by atoms with Gasteiger partial charge in [-0.3, -0.25) is 0 Å². The summed E-state index contributed by atoms with van der Waals surface area (Å²) in [5, 5.41) is 0. The average molecular weight is 286 g/mol. The second kappa shape index (κ2) is 6.55. The fourth-order valence-electron chi connectivity index (χ4n) is 1.33. The molecule has 0 aliphatic carbocycles. The van der Waals surface area contributed by atoms with Crippen molar-refractivity contribution in [1.29, 1.82) is 0 Å². The lowest BCUT2D eigenvalue weighted by molar-refractivity contribution is 0.354. The molecule has 0 aliphatic rings. The van der Waals surface area contributed by atoms with E-state index in [4.69, 9.17) is 15.2 Å². The van der Waals surface area contributed by atoms with Gasteiger partial charge < -0.3 is 15.2 Å². The van der Waals surface area contributed by atoms with Gasteiger partial charge in [0.05, 0.1) is 7.11 Å². The Morgan fingerprint density at radius 1 is 1.50 bits per heavy atom. The monoisotopic (exact) mass is 285 g/mol. The minimum absolute atomic E-state index is 0.448. The highest BCUT2D eigenvalue weighted by Crippen LogP contribution is 2.25. The molecule has 2 N–H and O–H groups in total. The molecule has 3 nitrogen and oxygen atoms in total. The molecular weight excluding hydrogens is 270 g/mol. The lowest BCUT2D eigenvalue weighted by Gasteiger charge is -2.12. The summed E-state index contributed by atoms with van der Waals surface area (Å²) in [6.45, 7) is 4.75. The predicted octanol–water partition coefficient (Wildman–Crippen LogP) is 2.48. The fraction of sp³-hybridized carbons (Fsp3) is 0.333. The maximum Gasteiger partial charge on any atom is 0.123 e. The van der Waals surface area contributed by atoms with Crippen LogP contribution in [-0.2, 0) is 6.42 Å². The van der Waals surface area contributed by atoms with Crippen LogP contribution < -0.4 is 15.2 Å². The van der Waals surface area contributed by atoms with Crippen LogP contribution in [0.25, 0.3) is 0 Å². The molecule has 88 valence electrons. The predicted molar refractivity (Wildman–Crippen MR) is 69.3 cm³/mol. The van der Waals surface area contributed by atoms with Gasteiger partial charge in [0.1, 0.15) is 18.1 Å². The Morgan fingerprint density at radius 3 is 2.81 bits per heavy atom. The molecule has 1 aromatic carbocycles. The summed E-state index contributed by atoms with van der Waals surface area (Å²) in [6.07, 6.45) is 0.765. The Morgan fingerprint density at radius 2 is 2.25 bits per heavy atom. The third-order valence-corrected chi connectivity index (χ3v) is 2.29. The molecule has 0 amide bonds. The molecule has 0 aromatic heterocycles. The molecular formula is C12H16BrNO2. The van der Waals surface area contributed by atoms with Crippen molar-refractivity contribution in [2.75, 3.05) is 20.3 Å². The van der Waals surface area contributed by atoms with Crippen molar-refractivity contribution >= 4 is 15.9 Å². The lowest BCUT2D eigenvalue weighted by atomic mass is 10.1. The molecule has 0 radical (unpaired) electrons. The first-order valence-electron chi connectivity index (χ1n) is 5.00. The van der Waals surface area contributed by atoms with Gasteiger partial charge in [0, 0.05) is 4.48 Å². The zero-order valence-corrected chi connectivity index (χ0v) is 10.9. The zero-order chi connectivity index (χ0) is 12.0. The standard InChI is InChI=1S/C12H16BrNO2/c1-9(13)8-16-12-4-3-11(15-2)7-10(12)5-6-14/h3-4,7H,1,5-6,8,14H2,2H3. The van der Waals surface area contributed by atoms with Crippen LogP contribution in [0.5, 0.6) is 11.5 Å². The number of methoxy groups -OCH3 is 1. The van der Waals surface area contributed by atoms with Crippen LogP contribution in [0.15, 0.2) is 29.3 Å². The third-order valence-electron chi connectivity index (χ3n) is 2.07. The first-order chi connectivity index (χ1) is 7.67. The summed E-state index contributed by atoms with van der Waals surface area (Å²) in [6, 6.07) is 5.70. The first kappa shape index (κ1) is 13.1. The summed E-state index contributed by atoms with van der Waals surface area (Å²) in [4.78, 5) is 0. The second-order valence-electron chi connectivity index (χ2n) is 3.32. The molecule has 0 spiro atoms. The van der Waals surface area contributed by atoms with Crippen LogP contribution in [-0.4, -0.2) is 20.3 Å². The van der Waals surface area contributed by atoms with Crippen molar-refractivity contribution in [3.8, 4) is 11.5 Å². The summed E-state index contributed by atoms with van der Waals surface area (Å²) in [5.74, 6) is 1.64. The second-order valence-corrected chi connectivity index (χ2v) is 4.44. The molecule has 0 bridgehead atoms. The number of benzene rings is 1. The van der Waals surface area contributed by atoms with E-state index in [0.717, 1.165) is 28.0 Å². The quantitative estimate of drug-likeness (QED) is 0.873. The van der Waals surface area contributed by atoms with Gasteiger partial charge >= 0.3 is 0 Å². The van der Waals surface area contributed by atoms with E-state index >= 15 is 0 Å². The van der Waals surface area contributed by atoms with Crippen molar-refractivity contribution in [2.24, 2.45) is 5.73 Å². The number of halogens is 1. The summed E-state index contributed by atoms with van der Waals surface area (Å²) < 4.78 is 11.6. The maximum absolute atomic E-state index is 5.59. The number of rotatable bonds is 6. The van der Waals surface area contributed by atoms with E-state index in [1.807, 2.05) is 18.2 Å². The number of ether oxygens (including phenoxy) is 2. The van der Waals surface area contributed by atoms with Crippen LogP contribution in [0, 0.1) is 0 Å². The van der Waals surface area contributed by atoms with Gasteiger partial charge in [0.25, 0.3) is 0 Å². The van der Waals surface area contributed by atoms with Crippen LogP contribution in [0.2, 0.25) is 0 Å². The van der Waals surface area contributed by atoms with E-state index in [1.165, 1.54) is 0 Å². The van der Waals surface area contributed by atoms with E-state index in [1.54, 1.807) is 7.11 Å². The van der Waals surface area contributed by atoms with E-state index in [0.29, 0.717) is 13.2 Å². The Balaban J connectivity index is 2.84. The average Bonchev–Trinajstić information content (AvgIpc) is 2.27. The molecule has 0 saturated heterocycles. The maximum atomic E-state index is 5.59. The van der Waals surface area contributed by atoms with E-state index in [9.17, 15) is 0 Å². The van der Waals surface area contributed by atoms with Gasteiger partial charge in [-0.05, 0) is 36.7 Å². The summed E-state index contributed by atoms with van der Waals surface area (Å²) in [5.41, 5.74) is 6.61.